The van der Waals surface area contributed by atoms with Crippen LogP contribution >= 0.6 is 27.3 Å². The number of benzene rings is 1. The molecule has 0 aliphatic rings. The molecule has 0 aliphatic heterocycles. The number of halogens is 1. The van der Waals surface area contributed by atoms with Crippen molar-refractivity contribution in [2.75, 3.05) is 30.8 Å². The van der Waals surface area contributed by atoms with E-state index in [0.29, 0.717) is 15.4 Å². The first-order valence-electron chi connectivity index (χ1n) is 8.60. The monoisotopic (exact) mass is 467 g/mol. The molecule has 9 heteroatoms. The van der Waals surface area contributed by atoms with Crippen molar-refractivity contribution in [1.82, 2.24) is 5.32 Å². The molecule has 0 atom stereocenters. The summed E-state index contributed by atoms with van der Waals surface area (Å²) in [6.07, 6.45) is 0. The third-order valence-electron chi connectivity index (χ3n) is 3.94. The Kier molecular flexibility index (Phi) is 7.59. The first-order valence-corrected chi connectivity index (χ1v) is 10.2. The maximum atomic E-state index is 12.4. The molecule has 1 heterocycles. The van der Waals surface area contributed by atoms with Crippen molar-refractivity contribution in [1.29, 1.82) is 0 Å². The molecule has 0 saturated heterocycles. The van der Waals surface area contributed by atoms with Crippen LogP contribution in [-0.4, -0.2) is 38.0 Å². The molecule has 150 valence electrons. The average molecular weight is 468 g/mol. The zero-order chi connectivity index (χ0) is 20.8. The predicted molar refractivity (Wildman–Crippen MR) is 114 cm³/mol. The van der Waals surface area contributed by atoms with Gasteiger partial charge in [0, 0.05) is 17.2 Å². The van der Waals surface area contributed by atoms with Crippen molar-refractivity contribution in [3.63, 3.8) is 0 Å². The van der Waals surface area contributed by atoms with Crippen LogP contribution in [0.15, 0.2) is 22.7 Å². The zero-order valence-electron chi connectivity index (χ0n) is 16.1. The summed E-state index contributed by atoms with van der Waals surface area (Å²) in [5, 5.41) is 8.62. The van der Waals surface area contributed by atoms with E-state index < -0.39 is 5.97 Å². The van der Waals surface area contributed by atoms with Crippen molar-refractivity contribution in [3.8, 4) is 0 Å². The number of carbonyl (C=O) groups is 3. The van der Waals surface area contributed by atoms with Gasteiger partial charge in [-0.15, -0.1) is 11.3 Å². The molecule has 0 radical (unpaired) electrons. The number of aryl methyl sites for hydroxylation is 1. The molecule has 2 rings (SSSR count). The second-order valence-electron chi connectivity index (χ2n) is 5.92. The highest BCUT2D eigenvalue weighted by Gasteiger charge is 2.26. The fourth-order valence-electron chi connectivity index (χ4n) is 2.55. The van der Waals surface area contributed by atoms with Gasteiger partial charge in [-0.05, 0) is 50.1 Å². The van der Waals surface area contributed by atoms with Gasteiger partial charge in [0.2, 0.25) is 5.91 Å². The molecule has 1 aromatic carbocycles. The van der Waals surface area contributed by atoms with Gasteiger partial charge in [0.15, 0.2) is 0 Å². The summed E-state index contributed by atoms with van der Waals surface area (Å²) in [7, 11) is 1.51. The molecule has 7 nitrogen and oxygen atoms in total. The topological polar surface area (TPSA) is 96.5 Å². The van der Waals surface area contributed by atoms with Gasteiger partial charge in [-0.3, -0.25) is 9.59 Å². The fraction of sp³-hybridized carbons (Fsp3) is 0.316. The van der Waals surface area contributed by atoms with Gasteiger partial charge in [0.05, 0.1) is 23.6 Å². The lowest BCUT2D eigenvalue weighted by Crippen LogP contribution is -2.22. The van der Waals surface area contributed by atoms with Crippen LogP contribution in [0, 0.1) is 13.8 Å². The molecule has 28 heavy (non-hydrogen) atoms. The van der Waals surface area contributed by atoms with E-state index in [2.05, 4.69) is 31.9 Å². The number of amides is 2. The number of hydrogen-bond donors (Lipinski definition) is 3. The number of thiophene rings is 1. The fourth-order valence-corrected chi connectivity index (χ4v) is 4.19. The molecule has 0 fully saturated rings. The predicted octanol–water partition coefficient (Wildman–Crippen LogP) is 3.71. The van der Waals surface area contributed by atoms with Gasteiger partial charge in [0.1, 0.15) is 5.00 Å². The third-order valence-corrected chi connectivity index (χ3v) is 5.64. The van der Waals surface area contributed by atoms with Crippen LogP contribution in [-0.2, 0) is 9.53 Å². The minimum atomic E-state index is -0.571. The average Bonchev–Trinajstić information content (AvgIpc) is 2.96. The highest BCUT2D eigenvalue weighted by molar-refractivity contribution is 9.10. The Bertz CT molecular complexity index is 911. The minimum Gasteiger partial charge on any atom is -0.462 e. The zero-order valence-corrected chi connectivity index (χ0v) is 18.5. The van der Waals surface area contributed by atoms with Crippen LogP contribution in [0.3, 0.4) is 0 Å². The molecular formula is C19H22BrN3O4S. The second-order valence-corrected chi connectivity index (χ2v) is 7.86. The van der Waals surface area contributed by atoms with E-state index in [-0.39, 0.29) is 30.5 Å². The first kappa shape index (κ1) is 21.9. The van der Waals surface area contributed by atoms with E-state index in [4.69, 9.17) is 4.74 Å². The number of carbonyl (C=O) groups excluding carboxylic acids is 3. The Hall–Kier alpha value is -2.39. The second kappa shape index (κ2) is 9.70. The van der Waals surface area contributed by atoms with Crippen molar-refractivity contribution >= 4 is 55.7 Å². The van der Waals surface area contributed by atoms with E-state index >= 15 is 0 Å². The van der Waals surface area contributed by atoms with E-state index in [1.807, 2.05) is 25.1 Å². The Morgan fingerprint density at radius 3 is 2.54 bits per heavy atom. The Morgan fingerprint density at radius 1 is 1.21 bits per heavy atom. The lowest BCUT2D eigenvalue weighted by atomic mass is 10.1. The summed E-state index contributed by atoms with van der Waals surface area (Å²) in [5.41, 5.74) is 2.51. The normalized spacial score (nSPS) is 10.3. The summed E-state index contributed by atoms with van der Waals surface area (Å²) in [5.74, 6) is -1.23. The minimum absolute atomic E-state index is 0.0109. The quantitative estimate of drug-likeness (QED) is 0.539. The maximum Gasteiger partial charge on any atom is 0.341 e. The number of esters is 1. The SMILES string of the molecule is CCOC(=O)c1c(NC(=O)CNc2ccc(Br)cc2C)sc(C(=O)NC)c1C. The highest BCUT2D eigenvalue weighted by Crippen LogP contribution is 2.33. The summed E-state index contributed by atoms with van der Waals surface area (Å²) < 4.78 is 6.03. The number of rotatable bonds is 7. The molecule has 0 spiro atoms. The van der Waals surface area contributed by atoms with Crippen LogP contribution < -0.4 is 16.0 Å². The van der Waals surface area contributed by atoms with E-state index in [1.54, 1.807) is 13.8 Å². The van der Waals surface area contributed by atoms with Crippen LogP contribution in [0.5, 0.6) is 0 Å². The molecule has 3 N–H and O–H groups in total. The maximum absolute atomic E-state index is 12.4. The standard InChI is InChI=1S/C19H22BrN3O4S/c1-5-27-19(26)15-11(3)16(17(25)21-4)28-18(15)23-14(24)9-22-13-7-6-12(20)8-10(13)2/h6-8,22H,5,9H2,1-4H3,(H,21,25)(H,23,24). The van der Waals surface area contributed by atoms with Gasteiger partial charge in [-0.1, -0.05) is 15.9 Å². The largest absolute Gasteiger partial charge is 0.462 e. The van der Waals surface area contributed by atoms with Gasteiger partial charge in [-0.2, -0.15) is 0 Å². The molecule has 0 bridgehead atoms. The highest BCUT2D eigenvalue weighted by atomic mass is 79.9. The molecule has 2 aromatic rings. The Morgan fingerprint density at radius 2 is 1.93 bits per heavy atom. The van der Waals surface area contributed by atoms with Gasteiger partial charge in [-0.25, -0.2) is 4.79 Å². The number of nitrogens with one attached hydrogen (secondary N) is 3. The van der Waals surface area contributed by atoms with Crippen LogP contribution in [0.4, 0.5) is 10.7 Å². The number of anilines is 2. The first-order chi connectivity index (χ1) is 13.3. The van der Waals surface area contributed by atoms with Gasteiger partial charge in [0.25, 0.3) is 5.91 Å². The Labute approximate surface area is 176 Å². The summed E-state index contributed by atoms with van der Waals surface area (Å²) in [4.78, 5) is 37.2. The van der Waals surface area contributed by atoms with Crippen LogP contribution in [0.1, 0.15) is 38.1 Å². The van der Waals surface area contributed by atoms with Crippen LogP contribution in [0.2, 0.25) is 0 Å². The van der Waals surface area contributed by atoms with E-state index in [1.165, 1.54) is 7.05 Å². The number of hydrogen-bond acceptors (Lipinski definition) is 6. The molecule has 1 aromatic heterocycles. The third kappa shape index (κ3) is 5.11. The molecule has 0 unspecified atom stereocenters. The molecule has 2 amide bonds. The molecule has 0 aliphatic carbocycles. The van der Waals surface area contributed by atoms with E-state index in [9.17, 15) is 14.4 Å². The van der Waals surface area contributed by atoms with Gasteiger partial charge < -0.3 is 20.7 Å². The molecule has 0 saturated carbocycles. The van der Waals surface area contributed by atoms with Crippen LogP contribution in [0.25, 0.3) is 0 Å². The Balaban J connectivity index is 2.20. The summed E-state index contributed by atoms with van der Waals surface area (Å²) in [6.45, 7) is 5.49. The van der Waals surface area contributed by atoms with Gasteiger partial charge >= 0.3 is 5.97 Å². The number of ether oxygens (including phenoxy) is 1. The smallest absolute Gasteiger partial charge is 0.341 e. The molecular weight excluding hydrogens is 446 g/mol. The van der Waals surface area contributed by atoms with Crippen molar-refractivity contribution in [2.45, 2.75) is 20.8 Å². The van der Waals surface area contributed by atoms with Crippen molar-refractivity contribution in [3.05, 3.63) is 44.2 Å². The van der Waals surface area contributed by atoms with E-state index in [0.717, 1.165) is 27.1 Å². The van der Waals surface area contributed by atoms with Crippen molar-refractivity contribution in [2.24, 2.45) is 0 Å². The summed E-state index contributed by atoms with van der Waals surface area (Å²) in [6, 6.07) is 5.69. The van der Waals surface area contributed by atoms with Crippen molar-refractivity contribution < 1.29 is 19.1 Å². The summed E-state index contributed by atoms with van der Waals surface area (Å²) >= 11 is 4.45. The lowest BCUT2D eigenvalue weighted by molar-refractivity contribution is -0.114. The lowest BCUT2D eigenvalue weighted by Gasteiger charge is -2.10.